The molecule has 0 aromatic heterocycles. The third kappa shape index (κ3) is 3.67. The van der Waals surface area contributed by atoms with Crippen molar-refractivity contribution in [1.29, 1.82) is 0 Å². The van der Waals surface area contributed by atoms with Gasteiger partial charge in [0.15, 0.2) is 0 Å². The van der Waals surface area contributed by atoms with Crippen molar-refractivity contribution in [3.63, 3.8) is 0 Å². The predicted octanol–water partition coefficient (Wildman–Crippen LogP) is 2.02. The molecule has 0 aromatic rings. The molecule has 17 heavy (non-hydrogen) atoms. The van der Waals surface area contributed by atoms with Crippen molar-refractivity contribution in [2.45, 2.75) is 63.6 Å². The van der Waals surface area contributed by atoms with Crippen LogP contribution in [0.25, 0.3) is 0 Å². The van der Waals surface area contributed by atoms with E-state index in [1.807, 2.05) is 0 Å². The summed E-state index contributed by atoms with van der Waals surface area (Å²) in [5.41, 5.74) is 0. The van der Waals surface area contributed by atoms with Crippen molar-refractivity contribution >= 4 is 0 Å². The first-order valence-electron chi connectivity index (χ1n) is 7.36. The Morgan fingerprint density at radius 2 is 2.18 bits per heavy atom. The lowest BCUT2D eigenvalue weighted by atomic mass is 10.0. The van der Waals surface area contributed by atoms with Crippen LogP contribution in [0.5, 0.6) is 0 Å². The lowest BCUT2D eigenvalue weighted by Crippen LogP contribution is -2.45. The first-order valence-corrected chi connectivity index (χ1v) is 7.36. The van der Waals surface area contributed by atoms with Crippen LogP contribution in [-0.4, -0.2) is 49.8 Å². The average molecular weight is 240 g/mol. The summed E-state index contributed by atoms with van der Waals surface area (Å²) in [6.07, 6.45) is 8.26. The molecule has 0 spiro atoms. The van der Waals surface area contributed by atoms with Crippen molar-refractivity contribution in [2.24, 2.45) is 0 Å². The highest BCUT2D eigenvalue weighted by Crippen LogP contribution is 2.27. The van der Waals surface area contributed by atoms with E-state index in [4.69, 9.17) is 4.74 Å². The second-order valence-corrected chi connectivity index (χ2v) is 5.58. The minimum atomic E-state index is 0.498. The van der Waals surface area contributed by atoms with Crippen LogP contribution < -0.4 is 5.32 Å². The van der Waals surface area contributed by atoms with Crippen LogP contribution in [0.1, 0.15) is 45.4 Å². The van der Waals surface area contributed by atoms with Crippen LogP contribution in [0.4, 0.5) is 0 Å². The van der Waals surface area contributed by atoms with Gasteiger partial charge in [-0.15, -0.1) is 0 Å². The number of hydrogen-bond donors (Lipinski definition) is 1. The molecule has 0 bridgehead atoms. The normalized spacial score (nSPS) is 35.3. The van der Waals surface area contributed by atoms with Gasteiger partial charge in [-0.1, -0.05) is 6.92 Å². The van der Waals surface area contributed by atoms with E-state index in [9.17, 15) is 0 Å². The van der Waals surface area contributed by atoms with Crippen LogP contribution >= 0.6 is 0 Å². The maximum Gasteiger partial charge on any atom is 0.0702 e. The van der Waals surface area contributed by atoms with E-state index in [1.165, 1.54) is 45.2 Å². The Morgan fingerprint density at radius 3 is 2.88 bits per heavy atom. The molecule has 3 unspecified atom stereocenters. The minimum absolute atomic E-state index is 0.498. The monoisotopic (exact) mass is 240 g/mol. The molecule has 1 heterocycles. The summed E-state index contributed by atoms with van der Waals surface area (Å²) in [6, 6.07) is 1.55. The van der Waals surface area contributed by atoms with Gasteiger partial charge in [0.25, 0.3) is 0 Å². The Balaban J connectivity index is 1.77. The van der Waals surface area contributed by atoms with Gasteiger partial charge in [0.1, 0.15) is 0 Å². The van der Waals surface area contributed by atoms with Gasteiger partial charge in [0.2, 0.25) is 0 Å². The van der Waals surface area contributed by atoms with E-state index in [0.29, 0.717) is 6.10 Å². The summed E-state index contributed by atoms with van der Waals surface area (Å²) in [4.78, 5) is 2.68. The maximum absolute atomic E-state index is 5.92. The molecule has 1 saturated heterocycles. The molecule has 1 saturated carbocycles. The summed E-state index contributed by atoms with van der Waals surface area (Å²) in [6.45, 7) is 5.57. The zero-order valence-corrected chi connectivity index (χ0v) is 11.5. The van der Waals surface area contributed by atoms with Gasteiger partial charge in [0.05, 0.1) is 6.10 Å². The fourth-order valence-corrected chi connectivity index (χ4v) is 3.27. The van der Waals surface area contributed by atoms with Gasteiger partial charge < -0.3 is 10.1 Å². The molecule has 0 amide bonds. The second kappa shape index (κ2) is 6.72. The zero-order chi connectivity index (χ0) is 12.1. The van der Waals surface area contributed by atoms with Gasteiger partial charge >= 0.3 is 0 Å². The number of hydrogen-bond acceptors (Lipinski definition) is 3. The van der Waals surface area contributed by atoms with Gasteiger partial charge in [0, 0.05) is 25.2 Å². The summed E-state index contributed by atoms with van der Waals surface area (Å²) in [5.74, 6) is 0. The van der Waals surface area contributed by atoms with Crippen LogP contribution in [0, 0.1) is 0 Å². The van der Waals surface area contributed by atoms with Crippen molar-refractivity contribution in [3.8, 4) is 0 Å². The van der Waals surface area contributed by atoms with Gasteiger partial charge in [-0.05, 0) is 52.1 Å². The van der Waals surface area contributed by atoms with Gasteiger partial charge in [-0.3, -0.25) is 4.90 Å². The van der Waals surface area contributed by atoms with Gasteiger partial charge in [-0.25, -0.2) is 0 Å². The molecule has 0 aromatic carbocycles. The summed E-state index contributed by atoms with van der Waals surface area (Å²) < 4.78 is 5.92. The molecule has 100 valence electrons. The SMILES string of the molecule is CCCOC1CCCN(C2CCC(NC)C2)C1. The van der Waals surface area contributed by atoms with Crippen molar-refractivity contribution in [3.05, 3.63) is 0 Å². The number of nitrogens with zero attached hydrogens (tertiary/aromatic N) is 1. The molecule has 1 N–H and O–H groups in total. The van der Waals surface area contributed by atoms with Crippen LogP contribution in [0.2, 0.25) is 0 Å². The fourth-order valence-electron chi connectivity index (χ4n) is 3.27. The first-order chi connectivity index (χ1) is 8.33. The van der Waals surface area contributed by atoms with E-state index in [2.05, 4.69) is 24.2 Å². The lowest BCUT2D eigenvalue weighted by molar-refractivity contribution is -0.0119. The molecule has 3 heteroatoms. The van der Waals surface area contributed by atoms with E-state index in [1.54, 1.807) is 0 Å². The third-order valence-electron chi connectivity index (χ3n) is 4.30. The summed E-state index contributed by atoms with van der Waals surface area (Å²) in [5, 5.41) is 3.42. The van der Waals surface area contributed by atoms with Crippen LogP contribution in [-0.2, 0) is 4.74 Å². The highest BCUT2D eigenvalue weighted by Gasteiger charge is 2.31. The Labute approximate surface area is 106 Å². The van der Waals surface area contributed by atoms with Gasteiger partial charge in [-0.2, -0.15) is 0 Å². The number of piperidine rings is 1. The maximum atomic E-state index is 5.92. The quantitative estimate of drug-likeness (QED) is 0.795. The molecule has 1 aliphatic heterocycles. The number of rotatable bonds is 5. The molecule has 2 aliphatic rings. The average Bonchev–Trinajstić information content (AvgIpc) is 2.85. The van der Waals surface area contributed by atoms with Crippen LogP contribution in [0.3, 0.4) is 0 Å². The molecular weight excluding hydrogens is 212 g/mol. The van der Waals surface area contributed by atoms with Crippen molar-refractivity contribution < 1.29 is 4.74 Å². The second-order valence-electron chi connectivity index (χ2n) is 5.58. The van der Waals surface area contributed by atoms with Crippen molar-refractivity contribution in [2.75, 3.05) is 26.7 Å². The zero-order valence-electron chi connectivity index (χ0n) is 11.5. The van der Waals surface area contributed by atoms with E-state index in [0.717, 1.165) is 25.1 Å². The largest absolute Gasteiger partial charge is 0.377 e. The number of nitrogens with one attached hydrogen (secondary N) is 1. The molecule has 0 radical (unpaired) electrons. The summed E-state index contributed by atoms with van der Waals surface area (Å²) >= 11 is 0. The number of ether oxygens (including phenoxy) is 1. The first kappa shape index (κ1) is 13.3. The van der Waals surface area contributed by atoms with E-state index in [-0.39, 0.29) is 0 Å². The Bertz CT molecular complexity index is 222. The molecule has 2 fully saturated rings. The Kier molecular flexibility index (Phi) is 5.26. The van der Waals surface area contributed by atoms with Crippen LogP contribution in [0.15, 0.2) is 0 Å². The predicted molar refractivity (Wildman–Crippen MR) is 71.3 cm³/mol. The highest BCUT2D eigenvalue weighted by atomic mass is 16.5. The Morgan fingerprint density at radius 1 is 1.29 bits per heavy atom. The van der Waals surface area contributed by atoms with Crippen molar-refractivity contribution in [1.82, 2.24) is 10.2 Å². The standard InChI is InChI=1S/C14H28N2O/c1-3-9-17-14-5-4-8-16(11-14)13-7-6-12(10-13)15-2/h12-15H,3-11H2,1-2H3. The minimum Gasteiger partial charge on any atom is -0.377 e. The van der Waals surface area contributed by atoms with E-state index < -0.39 is 0 Å². The number of likely N-dealkylation sites (tertiary alicyclic amines) is 1. The summed E-state index contributed by atoms with van der Waals surface area (Å²) in [7, 11) is 2.09. The molecule has 2 rings (SSSR count). The molecule has 3 atom stereocenters. The highest BCUT2D eigenvalue weighted by molar-refractivity contribution is 4.88. The smallest absolute Gasteiger partial charge is 0.0702 e. The topological polar surface area (TPSA) is 24.5 Å². The Hall–Kier alpha value is -0.120. The molecule has 1 aliphatic carbocycles. The molecular formula is C14H28N2O. The third-order valence-corrected chi connectivity index (χ3v) is 4.30. The van der Waals surface area contributed by atoms with E-state index >= 15 is 0 Å². The molecule has 3 nitrogen and oxygen atoms in total. The lowest BCUT2D eigenvalue weighted by Gasteiger charge is -2.36. The fraction of sp³-hybridized carbons (Fsp3) is 1.00.